The van der Waals surface area contributed by atoms with Crippen molar-refractivity contribution in [1.29, 1.82) is 0 Å². The number of aryl methyl sites for hydroxylation is 2. The average Bonchev–Trinajstić information content (AvgIpc) is 3.02. The normalized spacial score (nSPS) is 11.1. The first kappa shape index (κ1) is 30.5. The highest BCUT2D eigenvalue weighted by Crippen LogP contribution is 2.51. The van der Waals surface area contributed by atoms with Gasteiger partial charge in [-0.15, -0.1) is 0 Å². The van der Waals surface area contributed by atoms with Gasteiger partial charge in [-0.1, -0.05) is 6.07 Å². The van der Waals surface area contributed by atoms with E-state index in [1.54, 1.807) is 27.4 Å². The van der Waals surface area contributed by atoms with Crippen LogP contribution in [0.25, 0.3) is 32.9 Å². The van der Waals surface area contributed by atoms with Gasteiger partial charge in [-0.3, -0.25) is 4.98 Å². The van der Waals surface area contributed by atoms with E-state index in [4.69, 9.17) is 14.2 Å². The minimum atomic E-state index is 0.0966. The van der Waals surface area contributed by atoms with Crippen molar-refractivity contribution in [2.75, 3.05) is 78.3 Å². The molecule has 3 aromatic carbocycles. The van der Waals surface area contributed by atoms with Crippen LogP contribution in [0.5, 0.6) is 23.0 Å². The van der Waals surface area contributed by atoms with Crippen LogP contribution in [-0.4, -0.2) is 73.7 Å². The highest BCUT2D eigenvalue weighted by Gasteiger charge is 2.31. The predicted octanol–water partition coefficient (Wildman–Crippen LogP) is 5.51. The Kier molecular flexibility index (Phi) is 8.58. The maximum absolute atomic E-state index is 11.7. The van der Waals surface area contributed by atoms with Gasteiger partial charge < -0.3 is 34.0 Å². The van der Waals surface area contributed by atoms with Crippen molar-refractivity contribution in [2.45, 2.75) is 13.0 Å². The Balaban J connectivity index is 2.04. The van der Waals surface area contributed by atoms with Gasteiger partial charge in [0.05, 0.1) is 37.7 Å². The first-order valence-corrected chi connectivity index (χ1v) is 14.5. The molecule has 0 spiro atoms. The quantitative estimate of drug-likeness (QED) is 0.167. The number of hydrogen-bond donors (Lipinski definition) is 1. The van der Waals surface area contributed by atoms with Crippen LogP contribution < -0.4 is 33.5 Å². The fourth-order valence-electron chi connectivity index (χ4n) is 5.72. The first-order chi connectivity index (χ1) is 21.1. The molecule has 1 N–H and O–H groups in total. The third kappa shape index (κ3) is 5.45. The van der Waals surface area contributed by atoms with Gasteiger partial charge in [0.1, 0.15) is 23.0 Å². The molecule has 5 aromatic rings. The van der Waals surface area contributed by atoms with Gasteiger partial charge >= 0.3 is 0 Å². The third-order valence-electron chi connectivity index (χ3n) is 8.06. The summed E-state index contributed by atoms with van der Waals surface area (Å²) in [6, 6.07) is 18.1. The number of phenolic OH excluding ortho intramolecular Hbond substituents is 1. The summed E-state index contributed by atoms with van der Waals surface area (Å²) < 4.78 is 20.5. The molecule has 0 fully saturated rings. The van der Waals surface area contributed by atoms with E-state index >= 15 is 0 Å². The summed E-state index contributed by atoms with van der Waals surface area (Å²) >= 11 is 0. The second-order valence-electron chi connectivity index (χ2n) is 11.4. The average molecular weight is 597 g/mol. The highest BCUT2D eigenvalue weighted by molar-refractivity contribution is 6.15. The van der Waals surface area contributed by atoms with Crippen LogP contribution in [-0.2, 0) is 13.0 Å². The number of aromatic nitrogens is 2. The number of aromatic hydroxyl groups is 1. The Morgan fingerprint density at radius 2 is 1.16 bits per heavy atom. The van der Waals surface area contributed by atoms with Crippen LogP contribution in [0.1, 0.15) is 5.69 Å². The third-order valence-corrected chi connectivity index (χ3v) is 8.06. The number of pyridine rings is 2. The van der Waals surface area contributed by atoms with Gasteiger partial charge in [-0.25, -0.2) is 0 Å². The van der Waals surface area contributed by atoms with Gasteiger partial charge in [0.25, 0.3) is 0 Å². The van der Waals surface area contributed by atoms with Gasteiger partial charge in [0.15, 0.2) is 6.54 Å². The Morgan fingerprint density at radius 3 is 1.61 bits per heavy atom. The number of fused-ring (bicyclic) bond motifs is 2. The van der Waals surface area contributed by atoms with E-state index in [0.717, 1.165) is 50.1 Å². The lowest BCUT2D eigenvalue weighted by Crippen LogP contribution is -2.37. The number of anilines is 3. The fraction of sp³-hybridized carbons (Fsp3) is 0.314. The molecule has 0 aliphatic heterocycles. The predicted molar refractivity (Wildman–Crippen MR) is 179 cm³/mol. The Morgan fingerprint density at radius 1 is 0.659 bits per heavy atom. The fourth-order valence-corrected chi connectivity index (χ4v) is 5.72. The van der Waals surface area contributed by atoms with Crippen LogP contribution in [0.2, 0.25) is 0 Å². The molecule has 0 saturated heterocycles. The second kappa shape index (κ2) is 12.4. The number of nitrogens with zero attached hydrogens (tertiary/aromatic N) is 5. The monoisotopic (exact) mass is 596 g/mol. The van der Waals surface area contributed by atoms with E-state index in [1.165, 1.54) is 0 Å². The molecule has 2 heterocycles. The van der Waals surface area contributed by atoms with Gasteiger partial charge in [0, 0.05) is 120 Å². The Bertz CT molecular complexity index is 1740. The molecule has 2 aromatic heterocycles. The largest absolute Gasteiger partial charge is 0.507 e. The summed E-state index contributed by atoms with van der Waals surface area (Å²) in [4.78, 5) is 10.7. The number of hydrogen-bond acceptors (Lipinski definition) is 8. The molecule has 230 valence electrons. The van der Waals surface area contributed by atoms with Crippen molar-refractivity contribution >= 4 is 38.9 Å². The lowest BCUT2D eigenvalue weighted by atomic mass is 9.92. The van der Waals surface area contributed by atoms with Crippen molar-refractivity contribution in [2.24, 2.45) is 0 Å². The van der Waals surface area contributed by atoms with E-state index in [9.17, 15) is 5.11 Å². The minimum Gasteiger partial charge on any atom is -0.507 e. The molecule has 0 bridgehead atoms. The van der Waals surface area contributed by atoms with Crippen molar-refractivity contribution in [3.05, 3.63) is 66.5 Å². The molecule has 0 aliphatic carbocycles. The van der Waals surface area contributed by atoms with Crippen molar-refractivity contribution < 1.29 is 23.9 Å². The maximum Gasteiger partial charge on any atom is 0.219 e. The summed E-state index contributed by atoms with van der Waals surface area (Å²) in [5, 5.41) is 13.4. The summed E-state index contributed by atoms with van der Waals surface area (Å²) in [5.74, 6) is 1.98. The standard InChI is InChI=1S/C35H41N5O4/c1-37(2)23-16-26-32(29(19-23)42-7)35(34-28(41)18-25(39(5)6)21-31(34)44-9)33-27(17-24(38(3)4)20-30(33)43-8)40(26)15-13-22-12-10-11-14-36-22/h10-12,14,16-21H,13,15H2,1-9H3/p+1. The summed E-state index contributed by atoms with van der Waals surface area (Å²) in [6.07, 6.45) is 2.54. The van der Waals surface area contributed by atoms with E-state index in [0.29, 0.717) is 35.8 Å². The molecule has 0 atom stereocenters. The van der Waals surface area contributed by atoms with Crippen LogP contribution in [0.4, 0.5) is 17.1 Å². The van der Waals surface area contributed by atoms with Crippen molar-refractivity contribution in [1.82, 2.24) is 4.98 Å². The SMILES string of the molecule is COc1cc(N(C)C)cc(O)c1-c1c2c(OC)cc(N(C)C)cc2[n+](CCc2ccccn2)c2cc(N(C)C)cc(OC)c12. The molecule has 0 radical (unpaired) electrons. The van der Waals surface area contributed by atoms with E-state index < -0.39 is 0 Å². The van der Waals surface area contributed by atoms with E-state index in [1.807, 2.05) is 89.8 Å². The number of phenols is 1. The molecular weight excluding hydrogens is 554 g/mol. The maximum atomic E-state index is 11.7. The van der Waals surface area contributed by atoms with Gasteiger partial charge in [-0.2, -0.15) is 4.57 Å². The van der Waals surface area contributed by atoms with E-state index in [-0.39, 0.29) is 5.75 Å². The van der Waals surface area contributed by atoms with E-state index in [2.05, 4.69) is 31.5 Å². The number of methoxy groups -OCH3 is 3. The lowest BCUT2D eigenvalue weighted by Gasteiger charge is -2.23. The molecule has 0 amide bonds. The molecule has 5 rings (SSSR count). The molecule has 9 nitrogen and oxygen atoms in total. The lowest BCUT2D eigenvalue weighted by molar-refractivity contribution is -0.644. The van der Waals surface area contributed by atoms with Crippen molar-refractivity contribution in [3.8, 4) is 34.1 Å². The van der Waals surface area contributed by atoms with Gasteiger partial charge in [-0.05, 0) is 12.1 Å². The number of rotatable bonds is 10. The zero-order valence-electron chi connectivity index (χ0n) is 27.1. The highest BCUT2D eigenvalue weighted by atomic mass is 16.5. The molecule has 44 heavy (non-hydrogen) atoms. The second-order valence-corrected chi connectivity index (χ2v) is 11.4. The Hall–Kier alpha value is -4.92. The molecule has 0 saturated carbocycles. The number of ether oxygens (including phenoxy) is 3. The molecule has 0 aliphatic rings. The summed E-state index contributed by atoms with van der Waals surface area (Å²) in [6.45, 7) is 0.646. The van der Waals surface area contributed by atoms with Gasteiger partial charge in [0.2, 0.25) is 11.0 Å². The number of benzene rings is 3. The summed E-state index contributed by atoms with van der Waals surface area (Å²) in [5.41, 5.74) is 7.02. The minimum absolute atomic E-state index is 0.0966. The molecular formula is C35H42N5O4+. The van der Waals surface area contributed by atoms with Crippen LogP contribution in [0.3, 0.4) is 0 Å². The molecule has 0 unspecified atom stereocenters. The van der Waals surface area contributed by atoms with Crippen LogP contribution in [0.15, 0.2) is 60.8 Å². The zero-order chi connectivity index (χ0) is 31.7. The smallest absolute Gasteiger partial charge is 0.219 e. The topological polar surface area (TPSA) is 74.4 Å². The van der Waals surface area contributed by atoms with Crippen LogP contribution in [0, 0.1) is 0 Å². The first-order valence-electron chi connectivity index (χ1n) is 14.5. The Labute approximate surface area is 259 Å². The van der Waals surface area contributed by atoms with Crippen LogP contribution >= 0.6 is 0 Å². The summed E-state index contributed by atoms with van der Waals surface area (Å²) in [7, 11) is 16.9. The van der Waals surface area contributed by atoms with Crippen molar-refractivity contribution in [3.63, 3.8) is 0 Å². The molecule has 9 heteroatoms. The zero-order valence-corrected chi connectivity index (χ0v) is 27.1.